The second-order valence-corrected chi connectivity index (χ2v) is 7.15. The average molecular weight is 381 g/mol. The molecule has 0 aliphatic heterocycles. The highest BCUT2D eigenvalue weighted by atomic mass is 32.2. The number of aryl methyl sites for hydroxylation is 1. The lowest BCUT2D eigenvalue weighted by Crippen LogP contribution is -2.44. The number of hydrogen-bond donors (Lipinski definition) is 2. The van der Waals surface area contributed by atoms with E-state index in [1.165, 1.54) is 0 Å². The molecule has 2 N–H and O–H groups in total. The number of amides is 2. The van der Waals surface area contributed by atoms with Crippen LogP contribution in [-0.4, -0.2) is 48.5 Å². The summed E-state index contributed by atoms with van der Waals surface area (Å²) in [7, 11) is 0. The van der Waals surface area contributed by atoms with Gasteiger partial charge in [-0.3, -0.25) is 9.59 Å². The van der Waals surface area contributed by atoms with Crippen LogP contribution in [0.25, 0.3) is 0 Å². The van der Waals surface area contributed by atoms with E-state index in [-0.39, 0.29) is 24.5 Å². The van der Waals surface area contributed by atoms with Gasteiger partial charge in [-0.2, -0.15) is 11.8 Å². The van der Waals surface area contributed by atoms with Crippen molar-refractivity contribution in [1.82, 2.24) is 10.6 Å². The second kappa shape index (κ2) is 11.6. The summed E-state index contributed by atoms with van der Waals surface area (Å²) < 4.78 is 5.09. The first kappa shape index (κ1) is 22.0. The fraction of sp³-hybridized carbons (Fsp3) is 0.526. The van der Waals surface area contributed by atoms with Crippen LogP contribution >= 0.6 is 11.8 Å². The maximum atomic E-state index is 12.4. The fourth-order valence-electron chi connectivity index (χ4n) is 2.17. The van der Waals surface area contributed by atoms with Gasteiger partial charge in [-0.1, -0.05) is 24.6 Å². The van der Waals surface area contributed by atoms with Crippen molar-refractivity contribution in [3.05, 3.63) is 35.4 Å². The molecule has 1 aromatic rings. The Morgan fingerprint density at radius 2 is 1.96 bits per heavy atom. The summed E-state index contributed by atoms with van der Waals surface area (Å²) in [6.45, 7) is 5.38. The molecule has 0 aliphatic carbocycles. The maximum Gasteiger partial charge on any atom is 0.329 e. The molecule has 2 atom stereocenters. The lowest BCUT2D eigenvalue weighted by molar-refractivity contribution is -0.150. The van der Waals surface area contributed by atoms with Gasteiger partial charge in [0.15, 0.2) is 6.61 Å². The first-order chi connectivity index (χ1) is 12.4. The van der Waals surface area contributed by atoms with E-state index in [0.29, 0.717) is 17.7 Å². The van der Waals surface area contributed by atoms with Gasteiger partial charge in [0.1, 0.15) is 6.04 Å². The van der Waals surface area contributed by atoms with E-state index in [1.54, 1.807) is 30.0 Å². The molecule has 0 bridgehead atoms. The number of hydrogen-bond acceptors (Lipinski definition) is 5. The Kier molecular flexibility index (Phi) is 9.80. The zero-order chi connectivity index (χ0) is 19.5. The van der Waals surface area contributed by atoms with Crippen LogP contribution in [0.1, 0.15) is 42.6 Å². The number of ether oxygens (including phenoxy) is 1. The van der Waals surface area contributed by atoms with Crippen molar-refractivity contribution in [3.63, 3.8) is 0 Å². The topological polar surface area (TPSA) is 84.5 Å². The highest BCUT2D eigenvalue weighted by molar-refractivity contribution is 7.98. The molecular weight excluding hydrogens is 352 g/mol. The van der Waals surface area contributed by atoms with Crippen LogP contribution in [0.5, 0.6) is 0 Å². The Morgan fingerprint density at radius 1 is 1.23 bits per heavy atom. The van der Waals surface area contributed by atoms with Gasteiger partial charge in [-0.05, 0) is 50.8 Å². The number of carbonyl (C=O) groups is 3. The van der Waals surface area contributed by atoms with Crippen molar-refractivity contribution >= 4 is 29.5 Å². The van der Waals surface area contributed by atoms with E-state index in [1.807, 2.05) is 33.1 Å². The molecule has 0 aliphatic rings. The number of rotatable bonds is 10. The van der Waals surface area contributed by atoms with Gasteiger partial charge in [-0.15, -0.1) is 0 Å². The Labute approximate surface area is 159 Å². The Hall–Kier alpha value is -2.02. The van der Waals surface area contributed by atoms with Crippen LogP contribution < -0.4 is 10.6 Å². The van der Waals surface area contributed by atoms with Gasteiger partial charge in [0.2, 0.25) is 0 Å². The molecule has 1 rings (SSSR count). The predicted molar refractivity (Wildman–Crippen MR) is 104 cm³/mol. The first-order valence-corrected chi connectivity index (χ1v) is 10.1. The molecule has 1 aromatic carbocycles. The monoisotopic (exact) mass is 380 g/mol. The molecule has 0 aromatic heterocycles. The molecule has 2 amide bonds. The Morgan fingerprint density at radius 3 is 2.58 bits per heavy atom. The average Bonchev–Trinajstić information content (AvgIpc) is 2.62. The number of esters is 1. The highest BCUT2D eigenvalue weighted by Crippen LogP contribution is 2.07. The normalized spacial score (nSPS) is 12.8. The second-order valence-electron chi connectivity index (χ2n) is 6.16. The molecule has 0 radical (unpaired) electrons. The molecule has 0 unspecified atom stereocenters. The van der Waals surface area contributed by atoms with Gasteiger partial charge in [0, 0.05) is 11.6 Å². The van der Waals surface area contributed by atoms with E-state index in [0.717, 1.165) is 12.0 Å². The number of benzene rings is 1. The molecule has 0 saturated carbocycles. The van der Waals surface area contributed by atoms with Crippen molar-refractivity contribution < 1.29 is 19.1 Å². The van der Waals surface area contributed by atoms with Crippen LogP contribution in [0.15, 0.2) is 24.3 Å². The predicted octanol–water partition coefficient (Wildman–Crippen LogP) is 2.30. The zero-order valence-corrected chi connectivity index (χ0v) is 16.7. The smallest absolute Gasteiger partial charge is 0.329 e. The van der Waals surface area contributed by atoms with Crippen LogP contribution in [0.3, 0.4) is 0 Å². The van der Waals surface area contributed by atoms with Crippen molar-refractivity contribution in [2.24, 2.45) is 0 Å². The SMILES string of the molecule is CC[C@H](C)NC(=O)COC(=O)[C@H](CCSC)NC(=O)c1cccc(C)c1. The molecule has 0 heterocycles. The third kappa shape index (κ3) is 7.91. The minimum absolute atomic E-state index is 0.0227. The lowest BCUT2D eigenvalue weighted by atomic mass is 10.1. The summed E-state index contributed by atoms with van der Waals surface area (Å²) in [5, 5.41) is 5.44. The van der Waals surface area contributed by atoms with Crippen LogP contribution in [0.2, 0.25) is 0 Å². The van der Waals surface area contributed by atoms with Crippen molar-refractivity contribution in [1.29, 1.82) is 0 Å². The molecule has 0 fully saturated rings. The summed E-state index contributed by atoms with van der Waals surface area (Å²) in [5.74, 6) is -0.589. The van der Waals surface area contributed by atoms with Crippen molar-refractivity contribution in [3.8, 4) is 0 Å². The molecular formula is C19H28N2O4S. The zero-order valence-electron chi connectivity index (χ0n) is 15.8. The molecule has 144 valence electrons. The van der Waals surface area contributed by atoms with Crippen molar-refractivity contribution in [2.45, 2.75) is 45.7 Å². The summed E-state index contributed by atoms with van der Waals surface area (Å²) >= 11 is 1.57. The van der Waals surface area contributed by atoms with Crippen molar-refractivity contribution in [2.75, 3.05) is 18.6 Å². The number of thioether (sulfide) groups is 1. The van der Waals surface area contributed by atoms with E-state index >= 15 is 0 Å². The van der Waals surface area contributed by atoms with E-state index in [9.17, 15) is 14.4 Å². The molecule has 26 heavy (non-hydrogen) atoms. The third-order valence-corrected chi connectivity index (χ3v) is 4.49. The summed E-state index contributed by atoms with van der Waals surface area (Å²) in [6.07, 6.45) is 3.15. The highest BCUT2D eigenvalue weighted by Gasteiger charge is 2.23. The van der Waals surface area contributed by atoms with E-state index in [2.05, 4.69) is 10.6 Å². The fourth-order valence-corrected chi connectivity index (χ4v) is 2.64. The van der Waals surface area contributed by atoms with Gasteiger partial charge >= 0.3 is 5.97 Å². The minimum Gasteiger partial charge on any atom is -0.454 e. The molecule has 0 spiro atoms. The van der Waals surface area contributed by atoms with Crippen LogP contribution in [-0.2, 0) is 14.3 Å². The van der Waals surface area contributed by atoms with Gasteiger partial charge in [-0.25, -0.2) is 4.79 Å². The van der Waals surface area contributed by atoms with Gasteiger partial charge in [0.05, 0.1) is 0 Å². The maximum absolute atomic E-state index is 12.4. The summed E-state index contributed by atoms with van der Waals surface area (Å²) in [4.78, 5) is 36.5. The minimum atomic E-state index is -0.785. The standard InChI is InChI=1S/C19H28N2O4S/c1-5-14(3)20-17(22)12-25-19(24)16(9-10-26-4)21-18(23)15-8-6-7-13(2)11-15/h6-8,11,14,16H,5,9-10,12H2,1-4H3,(H,20,22)(H,21,23)/t14-,16-/m0/s1. The lowest BCUT2D eigenvalue weighted by Gasteiger charge is -2.18. The van der Waals surface area contributed by atoms with Crippen LogP contribution in [0.4, 0.5) is 0 Å². The largest absolute Gasteiger partial charge is 0.454 e. The van der Waals surface area contributed by atoms with E-state index < -0.39 is 12.0 Å². The summed E-state index contributed by atoms with van der Waals surface area (Å²) in [6, 6.07) is 6.37. The molecule has 7 heteroatoms. The molecule has 0 saturated heterocycles. The van der Waals surface area contributed by atoms with Crippen LogP contribution in [0, 0.1) is 6.92 Å². The third-order valence-electron chi connectivity index (χ3n) is 3.85. The number of carbonyl (C=O) groups excluding carboxylic acids is 3. The Bertz CT molecular complexity index is 621. The molecule has 6 nitrogen and oxygen atoms in total. The van der Waals surface area contributed by atoms with Gasteiger partial charge < -0.3 is 15.4 Å². The first-order valence-electron chi connectivity index (χ1n) is 8.69. The Balaban J connectivity index is 2.65. The quantitative estimate of drug-likeness (QED) is 0.609. The van der Waals surface area contributed by atoms with E-state index in [4.69, 9.17) is 4.74 Å². The van der Waals surface area contributed by atoms with Gasteiger partial charge in [0.25, 0.3) is 11.8 Å². The summed E-state index contributed by atoms with van der Waals surface area (Å²) in [5.41, 5.74) is 1.45. The number of nitrogens with one attached hydrogen (secondary N) is 2.